The van der Waals surface area contributed by atoms with E-state index in [-0.39, 0.29) is 17.6 Å². The van der Waals surface area contributed by atoms with Crippen LogP contribution in [0.1, 0.15) is 63.4 Å². The minimum absolute atomic E-state index is 0.00259. The third-order valence-corrected chi connectivity index (χ3v) is 5.83. The molecule has 1 aliphatic carbocycles. The molecule has 26 heavy (non-hydrogen) atoms. The minimum Gasteiger partial charge on any atom is -0.355 e. The Morgan fingerprint density at radius 1 is 1.15 bits per heavy atom. The second kappa shape index (κ2) is 8.65. The Hall–Kier alpha value is -1.91. The lowest BCUT2D eigenvalue weighted by molar-refractivity contribution is -0.130. The van der Waals surface area contributed by atoms with Crippen LogP contribution in [0.15, 0.2) is 24.3 Å². The van der Waals surface area contributed by atoms with Crippen LogP contribution in [0.4, 0.5) is 4.39 Å². The molecule has 1 heterocycles. The Labute approximate surface area is 155 Å². The Kier molecular flexibility index (Phi) is 6.28. The van der Waals surface area contributed by atoms with Crippen molar-refractivity contribution in [1.82, 2.24) is 10.2 Å². The predicted molar refractivity (Wildman–Crippen MR) is 99.2 cm³/mol. The van der Waals surface area contributed by atoms with Crippen molar-refractivity contribution in [3.8, 4) is 0 Å². The second-order valence-corrected chi connectivity index (χ2v) is 7.60. The lowest BCUT2D eigenvalue weighted by Gasteiger charge is -2.28. The maximum Gasteiger partial charge on any atom is 0.230 e. The van der Waals surface area contributed by atoms with E-state index in [1.165, 1.54) is 12.1 Å². The van der Waals surface area contributed by atoms with Crippen molar-refractivity contribution < 1.29 is 14.0 Å². The van der Waals surface area contributed by atoms with Gasteiger partial charge in [0.1, 0.15) is 5.82 Å². The standard InChI is InChI=1S/C21H29FN2O2/c22-18-9-6-8-17(16-18)21(11-3-4-12-21)20(26)23-13-7-15-24-14-5-1-2-10-19(24)25/h6,8-9,16H,1-5,7,10-15H2,(H,23,26). The van der Waals surface area contributed by atoms with Gasteiger partial charge in [0, 0.05) is 26.1 Å². The van der Waals surface area contributed by atoms with Crippen molar-refractivity contribution >= 4 is 11.8 Å². The molecule has 2 aliphatic rings. The number of hydrogen-bond donors (Lipinski definition) is 1. The maximum absolute atomic E-state index is 13.7. The fraction of sp³-hybridized carbons (Fsp3) is 0.619. The first-order chi connectivity index (χ1) is 12.6. The van der Waals surface area contributed by atoms with E-state index in [1.807, 2.05) is 11.0 Å². The van der Waals surface area contributed by atoms with Gasteiger partial charge in [0.25, 0.3) is 0 Å². The van der Waals surface area contributed by atoms with Gasteiger partial charge in [-0.1, -0.05) is 31.4 Å². The molecule has 142 valence electrons. The van der Waals surface area contributed by atoms with Gasteiger partial charge in [-0.25, -0.2) is 4.39 Å². The molecule has 1 aromatic carbocycles. The average Bonchev–Trinajstić information content (AvgIpc) is 3.05. The van der Waals surface area contributed by atoms with Crippen LogP contribution in [-0.2, 0) is 15.0 Å². The lowest BCUT2D eigenvalue weighted by Crippen LogP contribution is -2.43. The minimum atomic E-state index is -0.597. The molecule has 0 spiro atoms. The summed E-state index contributed by atoms with van der Waals surface area (Å²) < 4.78 is 13.7. The Morgan fingerprint density at radius 3 is 2.73 bits per heavy atom. The van der Waals surface area contributed by atoms with E-state index in [2.05, 4.69) is 5.32 Å². The summed E-state index contributed by atoms with van der Waals surface area (Å²) in [6.45, 7) is 2.09. The summed E-state index contributed by atoms with van der Waals surface area (Å²) in [5, 5.41) is 3.05. The van der Waals surface area contributed by atoms with Crippen LogP contribution in [0.2, 0.25) is 0 Å². The molecule has 0 unspecified atom stereocenters. The molecular weight excluding hydrogens is 331 g/mol. The molecule has 1 N–H and O–H groups in total. The van der Waals surface area contributed by atoms with Crippen molar-refractivity contribution in [3.63, 3.8) is 0 Å². The van der Waals surface area contributed by atoms with Crippen LogP contribution in [0, 0.1) is 5.82 Å². The summed E-state index contributed by atoms with van der Waals surface area (Å²) in [7, 11) is 0. The highest BCUT2D eigenvalue weighted by Crippen LogP contribution is 2.41. The van der Waals surface area contributed by atoms with Crippen LogP contribution >= 0.6 is 0 Å². The molecular formula is C21H29FN2O2. The third kappa shape index (κ3) is 4.25. The monoisotopic (exact) mass is 360 g/mol. The average molecular weight is 360 g/mol. The largest absolute Gasteiger partial charge is 0.355 e. The van der Waals surface area contributed by atoms with Gasteiger partial charge in [-0.2, -0.15) is 0 Å². The zero-order valence-electron chi connectivity index (χ0n) is 15.4. The highest BCUT2D eigenvalue weighted by molar-refractivity contribution is 5.88. The van der Waals surface area contributed by atoms with Crippen molar-refractivity contribution in [2.24, 2.45) is 0 Å². The van der Waals surface area contributed by atoms with Gasteiger partial charge >= 0.3 is 0 Å². The van der Waals surface area contributed by atoms with E-state index in [9.17, 15) is 14.0 Å². The number of rotatable bonds is 6. The number of nitrogens with zero attached hydrogens (tertiary/aromatic N) is 1. The van der Waals surface area contributed by atoms with Gasteiger partial charge in [0.05, 0.1) is 5.41 Å². The van der Waals surface area contributed by atoms with Crippen LogP contribution in [0.5, 0.6) is 0 Å². The van der Waals surface area contributed by atoms with Crippen LogP contribution < -0.4 is 5.32 Å². The summed E-state index contributed by atoms with van der Waals surface area (Å²) in [6.07, 6.45) is 8.11. The van der Waals surface area contributed by atoms with Crippen LogP contribution in [0.3, 0.4) is 0 Å². The van der Waals surface area contributed by atoms with E-state index in [0.717, 1.165) is 63.5 Å². The molecule has 1 aliphatic heterocycles. The fourth-order valence-electron chi connectivity index (χ4n) is 4.33. The van der Waals surface area contributed by atoms with Crippen LogP contribution in [-0.4, -0.2) is 36.3 Å². The highest BCUT2D eigenvalue weighted by Gasteiger charge is 2.42. The quantitative estimate of drug-likeness (QED) is 0.789. The number of amides is 2. The van der Waals surface area contributed by atoms with E-state index in [4.69, 9.17) is 0 Å². The third-order valence-electron chi connectivity index (χ3n) is 5.83. The first-order valence-electron chi connectivity index (χ1n) is 9.94. The number of halogens is 1. The molecule has 5 heteroatoms. The molecule has 0 bridgehead atoms. The van der Waals surface area contributed by atoms with Gasteiger partial charge < -0.3 is 10.2 Å². The number of carbonyl (C=O) groups is 2. The summed E-state index contributed by atoms with van der Waals surface area (Å²) in [4.78, 5) is 26.9. The van der Waals surface area contributed by atoms with E-state index < -0.39 is 5.41 Å². The Balaban J connectivity index is 1.55. The number of hydrogen-bond acceptors (Lipinski definition) is 2. The van der Waals surface area contributed by atoms with Crippen molar-refractivity contribution in [3.05, 3.63) is 35.6 Å². The van der Waals surface area contributed by atoms with Gasteiger partial charge in [0.2, 0.25) is 11.8 Å². The maximum atomic E-state index is 13.7. The molecule has 4 nitrogen and oxygen atoms in total. The molecule has 2 fully saturated rings. The zero-order valence-corrected chi connectivity index (χ0v) is 15.4. The first-order valence-corrected chi connectivity index (χ1v) is 9.94. The number of nitrogens with one attached hydrogen (secondary N) is 1. The van der Waals surface area contributed by atoms with Gasteiger partial charge in [0.15, 0.2) is 0 Å². The predicted octanol–water partition coefficient (Wildman–Crippen LogP) is 3.55. The normalized spacial score (nSPS) is 20.0. The Morgan fingerprint density at radius 2 is 1.96 bits per heavy atom. The smallest absolute Gasteiger partial charge is 0.230 e. The molecule has 3 rings (SSSR count). The molecule has 1 saturated carbocycles. The number of likely N-dealkylation sites (tertiary alicyclic amines) is 1. The summed E-state index contributed by atoms with van der Waals surface area (Å²) >= 11 is 0. The summed E-state index contributed by atoms with van der Waals surface area (Å²) in [5.41, 5.74) is 0.191. The topological polar surface area (TPSA) is 49.4 Å². The highest BCUT2D eigenvalue weighted by atomic mass is 19.1. The molecule has 1 aromatic rings. The van der Waals surface area contributed by atoms with Crippen molar-refractivity contribution in [2.45, 2.75) is 63.2 Å². The lowest BCUT2D eigenvalue weighted by atomic mass is 9.78. The summed E-state index contributed by atoms with van der Waals surface area (Å²) in [5.74, 6) is -0.0510. The van der Waals surface area contributed by atoms with Gasteiger partial charge in [-0.3, -0.25) is 9.59 Å². The van der Waals surface area contributed by atoms with Gasteiger partial charge in [-0.05, 0) is 49.8 Å². The molecule has 0 radical (unpaired) electrons. The molecule has 0 atom stereocenters. The fourth-order valence-corrected chi connectivity index (χ4v) is 4.33. The molecule has 0 aromatic heterocycles. The van der Waals surface area contributed by atoms with Crippen molar-refractivity contribution in [2.75, 3.05) is 19.6 Å². The first kappa shape index (κ1) is 18.9. The summed E-state index contributed by atoms with van der Waals surface area (Å²) in [6, 6.07) is 6.47. The Bertz CT molecular complexity index is 641. The van der Waals surface area contributed by atoms with Crippen LogP contribution in [0.25, 0.3) is 0 Å². The van der Waals surface area contributed by atoms with Gasteiger partial charge in [-0.15, -0.1) is 0 Å². The molecule has 2 amide bonds. The SMILES string of the molecule is O=C1CCCCCN1CCCNC(=O)C1(c2cccc(F)c2)CCCC1. The zero-order chi connectivity index (χ0) is 18.4. The molecule has 1 saturated heterocycles. The van der Waals surface area contributed by atoms with E-state index in [0.29, 0.717) is 19.5 Å². The number of carbonyl (C=O) groups excluding carboxylic acids is 2. The van der Waals surface area contributed by atoms with E-state index >= 15 is 0 Å². The number of benzene rings is 1. The second-order valence-electron chi connectivity index (χ2n) is 7.60. The van der Waals surface area contributed by atoms with E-state index in [1.54, 1.807) is 6.07 Å². The van der Waals surface area contributed by atoms with Crippen molar-refractivity contribution in [1.29, 1.82) is 0 Å².